The third-order valence-corrected chi connectivity index (χ3v) is 4.86. The molecule has 0 unspecified atom stereocenters. The minimum Gasteiger partial charge on any atom is -0.368 e. The number of thiocarbonyl (C=S) groups is 1. The fourth-order valence-corrected chi connectivity index (χ4v) is 3.44. The molecule has 3 rings (SSSR count). The number of anilines is 2. The summed E-state index contributed by atoms with van der Waals surface area (Å²) in [5.41, 5.74) is 0.556. The summed E-state index contributed by atoms with van der Waals surface area (Å²) in [4.78, 5) is 11.8. The molecule has 0 atom stereocenters. The molecule has 0 amide bonds. The Hall–Kier alpha value is -2.16. The standard InChI is InChI=1S/C18H17BrClN5OS/c19-11-6-7-15(14(20)10-11)23-18(27)22-9-3-8-21-16-12-4-1-2-5-13(12)17(26)25-24-16/h1-2,4-7,10H,3,8-9H2,(H,21,24)(H,25,26)(H2,22,23,27). The second-order valence-electron chi connectivity index (χ2n) is 5.73. The Balaban J connectivity index is 1.46. The van der Waals surface area contributed by atoms with Crippen LogP contribution in [0.4, 0.5) is 11.5 Å². The molecular formula is C18H17BrClN5OS. The van der Waals surface area contributed by atoms with Crippen molar-refractivity contribution in [3.05, 3.63) is 62.3 Å². The van der Waals surface area contributed by atoms with Crippen molar-refractivity contribution in [3.63, 3.8) is 0 Å². The van der Waals surface area contributed by atoms with E-state index in [4.69, 9.17) is 23.8 Å². The molecule has 0 aliphatic heterocycles. The van der Waals surface area contributed by atoms with Gasteiger partial charge in [-0.1, -0.05) is 45.7 Å². The second-order valence-corrected chi connectivity index (χ2v) is 7.46. The van der Waals surface area contributed by atoms with Crippen LogP contribution in [0.2, 0.25) is 5.02 Å². The first-order valence-corrected chi connectivity index (χ1v) is 9.84. The Kier molecular flexibility index (Phi) is 6.65. The molecule has 1 aromatic heterocycles. The number of aromatic amines is 1. The maximum Gasteiger partial charge on any atom is 0.272 e. The average Bonchev–Trinajstić information content (AvgIpc) is 2.66. The first-order chi connectivity index (χ1) is 13.0. The third-order valence-electron chi connectivity index (χ3n) is 3.81. The van der Waals surface area contributed by atoms with Gasteiger partial charge >= 0.3 is 0 Å². The van der Waals surface area contributed by atoms with Gasteiger partial charge < -0.3 is 16.0 Å². The minimum atomic E-state index is -0.194. The van der Waals surface area contributed by atoms with Gasteiger partial charge in [0.15, 0.2) is 10.9 Å². The predicted molar refractivity (Wildman–Crippen MR) is 119 cm³/mol. The lowest BCUT2D eigenvalue weighted by Crippen LogP contribution is -2.30. The van der Waals surface area contributed by atoms with Crippen LogP contribution in [0.1, 0.15) is 6.42 Å². The summed E-state index contributed by atoms with van der Waals surface area (Å²) in [5, 5.41) is 18.6. The Labute approximate surface area is 174 Å². The van der Waals surface area contributed by atoms with E-state index in [1.807, 2.05) is 30.3 Å². The van der Waals surface area contributed by atoms with Crippen molar-refractivity contribution in [1.82, 2.24) is 15.5 Å². The van der Waals surface area contributed by atoms with Crippen LogP contribution in [-0.4, -0.2) is 28.4 Å². The number of rotatable bonds is 6. The lowest BCUT2D eigenvalue weighted by Gasteiger charge is -2.12. The highest BCUT2D eigenvalue weighted by molar-refractivity contribution is 9.10. The number of nitrogens with one attached hydrogen (secondary N) is 4. The monoisotopic (exact) mass is 465 g/mol. The van der Waals surface area contributed by atoms with Crippen molar-refractivity contribution < 1.29 is 0 Å². The fraction of sp³-hybridized carbons (Fsp3) is 0.167. The van der Waals surface area contributed by atoms with Crippen LogP contribution in [0.25, 0.3) is 10.8 Å². The summed E-state index contributed by atoms with van der Waals surface area (Å²) >= 11 is 14.8. The fourth-order valence-electron chi connectivity index (χ4n) is 2.50. The largest absolute Gasteiger partial charge is 0.368 e. The molecule has 0 aliphatic rings. The van der Waals surface area contributed by atoms with E-state index >= 15 is 0 Å². The molecule has 0 bridgehead atoms. The highest BCUT2D eigenvalue weighted by Gasteiger charge is 2.05. The van der Waals surface area contributed by atoms with Crippen molar-refractivity contribution in [2.75, 3.05) is 23.7 Å². The molecule has 0 fully saturated rings. The van der Waals surface area contributed by atoms with Crippen LogP contribution in [0, 0.1) is 0 Å². The third kappa shape index (κ3) is 5.18. The number of hydrogen-bond donors (Lipinski definition) is 4. The Bertz CT molecular complexity index is 1030. The topological polar surface area (TPSA) is 81.8 Å². The Morgan fingerprint density at radius 2 is 1.96 bits per heavy atom. The lowest BCUT2D eigenvalue weighted by molar-refractivity contribution is 0.805. The van der Waals surface area contributed by atoms with Crippen molar-refractivity contribution in [3.8, 4) is 0 Å². The lowest BCUT2D eigenvalue weighted by atomic mass is 10.2. The van der Waals surface area contributed by atoms with Gasteiger partial charge in [0.05, 0.1) is 16.1 Å². The molecule has 27 heavy (non-hydrogen) atoms. The number of halogens is 2. The maximum absolute atomic E-state index is 11.8. The number of fused-ring (bicyclic) bond motifs is 1. The van der Waals surface area contributed by atoms with Gasteiger partial charge in [-0.05, 0) is 42.9 Å². The molecule has 0 aliphatic carbocycles. The smallest absolute Gasteiger partial charge is 0.272 e. The molecule has 2 aromatic carbocycles. The average molecular weight is 467 g/mol. The zero-order valence-electron chi connectivity index (χ0n) is 14.2. The Morgan fingerprint density at radius 1 is 1.19 bits per heavy atom. The van der Waals surface area contributed by atoms with Crippen molar-refractivity contribution >= 4 is 67.1 Å². The molecule has 9 heteroatoms. The Morgan fingerprint density at radius 3 is 2.74 bits per heavy atom. The number of H-pyrrole nitrogens is 1. The summed E-state index contributed by atoms with van der Waals surface area (Å²) in [6.45, 7) is 1.35. The maximum atomic E-state index is 11.8. The van der Waals surface area contributed by atoms with E-state index in [1.165, 1.54) is 0 Å². The van der Waals surface area contributed by atoms with Gasteiger partial charge in [-0.15, -0.1) is 0 Å². The van der Waals surface area contributed by atoms with Gasteiger partial charge in [-0.2, -0.15) is 5.10 Å². The zero-order chi connectivity index (χ0) is 19.2. The van der Waals surface area contributed by atoms with Gasteiger partial charge in [0, 0.05) is 22.9 Å². The predicted octanol–water partition coefficient (Wildman–Crippen LogP) is 4.13. The number of nitrogens with zero attached hydrogens (tertiary/aromatic N) is 1. The van der Waals surface area contributed by atoms with Crippen molar-refractivity contribution in [2.45, 2.75) is 6.42 Å². The summed E-state index contributed by atoms with van der Waals surface area (Å²) in [6, 6.07) is 12.9. The zero-order valence-corrected chi connectivity index (χ0v) is 17.3. The molecular weight excluding hydrogens is 450 g/mol. The number of hydrogen-bond acceptors (Lipinski definition) is 4. The van der Waals surface area contributed by atoms with Crippen LogP contribution in [0.15, 0.2) is 51.7 Å². The van der Waals surface area contributed by atoms with E-state index in [0.717, 1.165) is 22.0 Å². The van der Waals surface area contributed by atoms with Gasteiger partial charge in [0.1, 0.15) is 0 Å². The van der Waals surface area contributed by atoms with Crippen LogP contribution in [0.3, 0.4) is 0 Å². The minimum absolute atomic E-state index is 0.194. The number of benzene rings is 2. The van der Waals surface area contributed by atoms with Crippen LogP contribution < -0.4 is 21.5 Å². The molecule has 0 spiro atoms. The van der Waals surface area contributed by atoms with Crippen LogP contribution in [-0.2, 0) is 0 Å². The molecule has 0 radical (unpaired) electrons. The summed E-state index contributed by atoms with van der Waals surface area (Å²) < 4.78 is 0.909. The van der Waals surface area contributed by atoms with E-state index < -0.39 is 0 Å². The summed E-state index contributed by atoms with van der Waals surface area (Å²) in [7, 11) is 0. The molecule has 4 N–H and O–H groups in total. The van der Waals surface area contributed by atoms with Gasteiger partial charge in [-0.25, -0.2) is 5.10 Å². The number of aromatic nitrogens is 2. The summed E-state index contributed by atoms with van der Waals surface area (Å²) in [6.07, 6.45) is 0.811. The van der Waals surface area contributed by atoms with Gasteiger partial charge in [0.2, 0.25) is 0 Å². The van der Waals surface area contributed by atoms with Crippen LogP contribution in [0.5, 0.6) is 0 Å². The van der Waals surface area contributed by atoms with Crippen molar-refractivity contribution in [1.29, 1.82) is 0 Å². The van der Waals surface area contributed by atoms with Crippen LogP contribution >= 0.6 is 39.7 Å². The molecule has 1 heterocycles. The van der Waals surface area contributed by atoms with E-state index in [2.05, 4.69) is 42.1 Å². The second kappa shape index (κ2) is 9.16. The quantitative estimate of drug-likeness (QED) is 0.323. The van der Waals surface area contributed by atoms with Crippen molar-refractivity contribution in [2.24, 2.45) is 0 Å². The highest BCUT2D eigenvalue weighted by atomic mass is 79.9. The highest BCUT2D eigenvalue weighted by Crippen LogP contribution is 2.25. The van der Waals surface area contributed by atoms with E-state index in [1.54, 1.807) is 12.1 Å². The molecule has 6 nitrogen and oxygen atoms in total. The first-order valence-electron chi connectivity index (χ1n) is 8.26. The van der Waals surface area contributed by atoms with E-state index in [0.29, 0.717) is 34.4 Å². The summed E-state index contributed by atoms with van der Waals surface area (Å²) in [5.74, 6) is 0.660. The van der Waals surface area contributed by atoms with E-state index in [-0.39, 0.29) is 5.56 Å². The van der Waals surface area contributed by atoms with E-state index in [9.17, 15) is 4.79 Å². The first kappa shape index (κ1) is 19.6. The molecule has 0 saturated carbocycles. The molecule has 140 valence electrons. The van der Waals surface area contributed by atoms with Gasteiger partial charge in [-0.3, -0.25) is 4.79 Å². The molecule has 0 saturated heterocycles. The molecule has 3 aromatic rings. The SMILES string of the molecule is O=c1[nH]nc(NCCCNC(=S)Nc2ccc(Br)cc2Cl)c2ccccc12. The normalized spacial score (nSPS) is 10.6. The van der Waals surface area contributed by atoms with Gasteiger partial charge in [0.25, 0.3) is 5.56 Å².